The Kier molecular flexibility index (Phi) is 5.91. The maximum Gasteiger partial charge on any atom is 0.160 e. The average Bonchev–Trinajstić information content (AvgIpc) is 2.37. The molecule has 1 N–H and O–H groups in total. The quantitative estimate of drug-likeness (QED) is 0.609. The molecular formula is C14H20O3. The lowest BCUT2D eigenvalue weighted by atomic mass is 10.1. The topological polar surface area (TPSA) is 38.7 Å². The predicted molar refractivity (Wildman–Crippen MR) is 67.6 cm³/mol. The number of ether oxygens (including phenoxy) is 2. The summed E-state index contributed by atoms with van der Waals surface area (Å²) in [6, 6.07) is 9.56. The number of hydrogen-bond donors (Lipinski definition) is 1. The summed E-state index contributed by atoms with van der Waals surface area (Å²) in [6.45, 7) is 1.96. The van der Waals surface area contributed by atoms with Gasteiger partial charge in [0.25, 0.3) is 0 Å². The molecule has 1 rings (SSSR count). The van der Waals surface area contributed by atoms with Crippen LogP contribution in [0.15, 0.2) is 42.0 Å². The third-order valence-electron chi connectivity index (χ3n) is 2.60. The van der Waals surface area contributed by atoms with Crippen LogP contribution in [0.25, 0.3) is 0 Å². The monoisotopic (exact) mass is 236 g/mol. The lowest BCUT2D eigenvalue weighted by Gasteiger charge is -2.14. The Labute approximate surface area is 103 Å². The highest BCUT2D eigenvalue weighted by molar-refractivity contribution is 5.22. The number of methoxy groups -OCH3 is 2. The zero-order chi connectivity index (χ0) is 12.7. The van der Waals surface area contributed by atoms with Crippen LogP contribution in [0.1, 0.15) is 25.0 Å². The van der Waals surface area contributed by atoms with Crippen LogP contribution < -0.4 is 0 Å². The van der Waals surface area contributed by atoms with Crippen molar-refractivity contribution in [2.75, 3.05) is 14.2 Å². The summed E-state index contributed by atoms with van der Waals surface area (Å²) in [5, 5.41) is 9.99. The highest BCUT2D eigenvalue weighted by Crippen LogP contribution is 2.18. The molecule has 1 atom stereocenters. The summed E-state index contributed by atoms with van der Waals surface area (Å²) >= 11 is 0. The fourth-order valence-electron chi connectivity index (χ4n) is 1.61. The minimum atomic E-state index is -0.578. The van der Waals surface area contributed by atoms with Crippen molar-refractivity contribution in [3.63, 3.8) is 0 Å². The van der Waals surface area contributed by atoms with Gasteiger partial charge < -0.3 is 14.6 Å². The van der Waals surface area contributed by atoms with E-state index in [1.807, 2.05) is 43.3 Å². The van der Waals surface area contributed by atoms with E-state index in [-0.39, 0.29) is 6.29 Å². The van der Waals surface area contributed by atoms with E-state index in [2.05, 4.69) is 0 Å². The maximum atomic E-state index is 9.99. The van der Waals surface area contributed by atoms with Gasteiger partial charge in [-0.2, -0.15) is 0 Å². The Morgan fingerprint density at radius 3 is 2.35 bits per heavy atom. The van der Waals surface area contributed by atoms with Crippen LogP contribution in [0.5, 0.6) is 0 Å². The van der Waals surface area contributed by atoms with Gasteiger partial charge in [-0.3, -0.25) is 0 Å². The first-order valence-corrected chi connectivity index (χ1v) is 5.63. The first-order valence-electron chi connectivity index (χ1n) is 5.63. The molecule has 1 unspecified atom stereocenters. The van der Waals surface area contributed by atoms with Gasteiger partial charge in [0.15, 0.2) is 6.29 Å². The highest BCUT2D eigenvalue weighted by atomic mass is 16.7. The molecule has 0 bridgehead atoms. The maximum absolute atomic E-state index is 9.99. The van der Waals surface area contributed by atoms with E-state index >= 15 is 0 Å². The van der Waals surface area contributed by atoms with Crippen molar-refractivity contribution in [1.82, 2.24) is 0 Å². The van der Waals surface area contributed by atoms with Crippen LogP contribution in [0.4, 0.5) is 0 Å². The van der Waals surface area contributed by atoms with Gasteiger partial charge in [0.1, 0.15) is 0 Å². The molecule has 1 aromatic carbocycles. The van der Waals surface area contributed by atoms with Crippen molar-refractivity contribution in [3.8, 4) is 0 Å². The second kappa shape index (κ2) is 7.22. The molecule has 1 aromatic rings. The van der Waals surface area contributed by atoms with Crippen molar-refractivity contribution < 1.29 is 14.6 Å². The molecular weight excluding hydrogens is 216 g/mol. The Balaban J connectivity index is 2.62. The molecule has 3 heteroatoms. The lowest BCUT2D eigenvalue weighted by Crippen LogP contribution is -2.13. The molecule has 17 heavy (non-hydrogen) atoms. The smallest absolute Gasteiger partial charge is 0.160 e. The van der Waals surface area contributed by atoms with Crippen LogP contribution in [0.2, 0.25) is 0 Å². The van der Waals surface area contributed by atoms with Crippen molar-refractivity contribution in [2.45, 2.75) is 25.7 Å². The number of aliphatic hydroxyl groups is 1. The van der Waals surface area contributed by atoms with Crippen molar-refractivity contribution in [1.29, 1.82) is 0 Å². The molecule has 0 aliphatic heterocycles. The van der Waals surface area contributed by atoms with E-state index in [9.17, 15) is 5.11 Å². The van der Waals surface area contributed by atoms with Gasteiger partial charge in [-0.1, -0.05) is 42.0 Å². The normalized spacial score (nSPS) is 14.1. The first kappa shape index (κ1) is 13.9. The van der Waals surface area contributed by atoms with Gasteiger partial charge in [-0.25, -0.2) is 0 Å². The fraction of sp³-hybridized carbons (Fsp3) is 0.429. The van der Waals surface area contributed by atoms with Gasteiger partial charge in [0.2, 0.25) is 0 Å². The second-order valence-corrected chi connectivity index (χ2v) is 3.97. The van der Waals surface area contributed by atoms with Crippen LogP contribution in [-0.4, -0.2) is 25.6 Å². The van der Waals surface area contributed by atoms with Crippen LogP contribution in [0, 0.1) is 0 Å². The van der Waals surface area contributed by atoms with Gasteiger partial charge >= 0.3 is 0 Å². The molecule has 3 nitrogen and oxygen atoms in total. The lowest BCUT2D eigenvalue weighted by molar-refractivity contribution is -0.100. The van der Waals surface area contributed by atoms with Gasteiger partial charge in [0.05, 0.1) is 6.10 Å². The molecule has 94 valence electrons. The number of aliphatic hydroxyl groups excluding tert-OH is 1. The summed E-state index contributed by atoms with van der Waals surface area (Å²) in [7, 11) is 3.21. The third-order valence-corrected chi connectivity index (χ3v) is 2.60. The van der Waals surface area contributed by atoms with Crippen molar-refractivity contribution >= 4 is 0 Å². The number of rotatable bonds is 6. The summed E-state index contributed by atoms with van der Waals surface area (Å²) in [5.74, 6) is 0. The van der Waals surface area contributed by atoms with Crippen molar-refractivity contribution in [2.24, 2.45) is 0 Å². The van der Waals surface area contributed by atoms with Crippen LogP contribution in [-0.2, 0) is 9.47 Å². The minimum Gasteiger partial charge on any atom is -0.384 e. The molecule has 0 amide bonds. The zero-order valence-corrected chi connectivity index (χ0v) is 10.6. The van der Waals surface area contributed by atoms with E-state index < -0.39 is 6.10 Å². The minimum absolute atomic E-state index is 0.255. The standard InChI is InChI=1S/C14H20O3/c1-11(10-14(16-2)17-3)9-13(15)12-7-5-4-6-8-12/h4-9,13-15H,10H2,1-3H3/b11-9-. The third kappa shape index (κ3) is 4.69. The summed E-state index contributed by atoms with van der Waals surface area (Å²) in [5.41, 5.74) is 1.92. The molecule has 0 spiro atoms. The SMILES string of the molecule is COC(C/C(C)=C\C(O)c1ccccc1)OC. The van der Waals surface area contributed by atoms with Crippen molar-refractivity contribution in [3.05, 3.63) is 47.5 Å². The van der Waals surface area contributed by atoms with E-state index in [4.69, 9.17) is 9.47 Å². The first-order chi connectivity index (χ1) is 8.17. The van der Waals surface area contributed by atoms with E-state index in [1.54, 1.807) is 14.2 Å². The van der Waals surface area contributed by atoms with Gasteiger partial charge in [-0.05, 0) is 12.5 Å². The van der Waals surface area contributed by atoms with E-state index in [1.165, 1.54) is 0 Å². The molecule has 0 radical (unpaired) electrons. The predicted octanol–water partition coefficient (Wildman–Crippen LogP) is 2.68. The molecule has 0 fully saturated rings. The Bertz CT molecular complexity index is 342. The van der Waals surface area contributed by atoms with Gasteiger partial charge in [-0.15, -0.1) is 0 Å². The van der Waals surface area contributed by atoms with E-state index in [0.717, 1.165) is 11.1 Å². The Morgan fingerprint density at radius 2 is 1.82 bits per heavy atom. The Hall–Kier alpha value is -1.16. The number of benzene rings is 1. The summed E-state index contributed by atoms with van der Waals surface area (Å²) in [4.78, 5) is 0. The van der Waals surface area contributed by atoms with Gasteiger partial charge in [0, 0.05) is 20.6 Å². The van der Waals surface area contributed by atoms with Crippen LogP contribution >= 0.6 is 0 Å². The largest absolute Gasteiger partial charge is 0.384 e. The summed E-state index contributed by atoms with van der Waals surface area (Å²) < 4.78 is 10.2. The average molecular weight is 236 g/mol. The molecule has 0 aliphatic rings. The Morgan fingerprint density at radius 1 is 1.24 bits per heavy atom. The summed E-state index contributed by atoms with van der Waals surface area (Å²) in [6.07, 6.45) is 1.64. The van der Waals surface area contributed by atoms with E-state index in [0.29, 0.717) is 6.42 Å². The fourth-order valence-corrected chi connectivity index (χ4v) is 1.61. The molecule has 0 aliphatic carbocycles. The van der Waals surface area contributed by atoms with Crippen LogP contribution in [0.3, 0.4) is 0 Å². The highest BCUT2D eigenvalue weighted by Gasteiger charge is 2.08. The molecule has 0 aromatic heterocycles. The zero-order valence-electron chi connectivity index (χ0n) is 10.6. The molecule has 0 heterocycles. The second-order valence-electron chi connectivity index (χ2n) is 3.97. The number of hydrogen-bond acceptors (Lipinski definition) is 3. The molecule has 0 saturated carbocycles. The molecule has 0 saturated heterocycles.